The topological polar surface area (TPSA) is 110 Å². The van der Waals surface area contributed by atoms with Crippen LogP contribution in [0.15, 0.2) is 0 Å². The van der Waals surface area contributed by atoms with E-state index in [9.17, 15) is 19.5 Å². The van der Waals surface area contributed by atoms with Gasteiger partial charge in [-0.1, -0.05) is 0 Å². The number of carboxylic acids is 1. The number of likely N-dealkylation sites (tertiary alicyclic amines) is 1. The zero-order valence-corrected chi connectivity index (χ0v) is 12.4. The molecule has 1 aliphatic rings. The summed E-state index contributed by atoms with van der Waals surface area (Å²) in [7, 11) is 0. The number of amides is 3. The Morgan fingerprint density at radius 2 is 1.90 bits per heavy atom. The molecule has 0 saturated carbocycles. The first-order valence-corrected chi connectivity index (χ1v) is 7.13. The second-order valence-electron chi connectivity index (χ2n) is 4.94. The molecule has 1 saturated heterocycles. The SMILES string of the molecule is CCN(CC)C(=O)CCNC(=O)N1CC(O)C[C@H]1C(=O)O. The summed E-state index contributed by atoms with van der Waals surface area (Å²) in [6, 6.07) is -1.58. The third kappa shape index (κ3) is 4.59. The molecular formula is C13H23N3O5. The summed E-state index contributed by atoms with van der Waals surface area (Å²) < 4.78 is 0. The normalized spacial score (nSPS) is 21.2. The zero-order chi connectivity index (χ0) is 16.0. The predicted octanol–water partition coefficient (Wildman–Crippen LogP) is -0.526. The van der Waals surface area contributed by atoms with Crippen LogP contribution in [-0.4, -0.2) is 76.2 Å². The van der Waals surface area contributed by atoms with Crippen LogP contribution in [0.4, 0.5) is 4.79 Å². The van der Waals surface area contributed by atoms with Gasteiger partial charge < -0.3 is 25.3 Å². The fraction of sp³-hybridized carbons (Fsp3) is 0.769. The Morgan fingerprint density at radius 3 is 2.43 bits per heavy atom. The van der Waals surface area contributed by atoms with E-state index in [-0.39, 0.29) is 31.8 Å². The molecule has 2 atom stereocenters. The van der Waals surface area contributed by atoms with E-state index in [2.05, 4.69) is 5.32 Å². The number of aliphatic carboxylic acids is 1. The summed E-state index contributed by atoms with van der Waals surface area (Å²) in [5.74, 6) is -1.20. The van der Waals surface area contributed by atoms with Crippen LogP contribution < -0.4 is 5.32 Å². The van der Waals surface area contributed by atoms with E-state index in [4.69, 9.17) is 5.11 Å². The molecule has 0 aromatic rings. The molecule has 8 nitrogen and oxygen atoms in total. The molecule has 8 heteroatoms. The second-order valence-corrected chi connectivity index (χ2v) is 4.94. The predicted molar refractivity (Wildman–Crippen MR) is 74.7 cm³/mol. The number of hydrogen-bond donors (Lipinski definition) is 3. The highest BCUT2D eigenvalue weighted by molar-refractivity contribution is 5.84. The van der Waals surface area contributed by atoms with E-state index in [1.54, 1.807) is 4.90 Å². The van der Waals surface area contributed by atoms with E-state index < -0.39 is 24.1 Å². The maximum atomic E-state index is 11.9. The monoisotopic (exact) mass is 301 g/mol. The Labute approximate surface area is 123 Å². The maximum absolute atomic E-state index is 11.9. The molecule has 21 heavy (non-hydrogen) atoms. The maximum Gasteiger partial charge on any atom is 0.326 e. The number of hydrogen-bond acceptors (Lipinski definition) is 4. The van der Waals surface area contributed by atoms with E-state index in [1.165, 1.54) is 0 Å². The van der Waals surface area contributed by atoms with Crippen LogP contribution in [0.2, 0.25) is 0 Å². The van der Waals surface area contributed by atoms with Crippen molar-refractivity contribution in [3.8, 4) is 0 Å². The number of aliphatic hydroxyl groups excluding tert-OH is 1. The van der Waals surface area contributed by atoms with Crippen LogP contribution in [0.1, 0.15) is 26.7 Å². The van der Waals surface area contributed by atoms with Crippen LogP contribution in [0.25, 0.3) is 0 Å². The summed E-state index contributed by atoms with van der Waals surface area (Å²) in [4.78, 5) is 37.4. The number of nitrogens with one attached hydrogen (secondary N) is 1. The quantitative estimate of drug-likeness (QED) is 0.611. The number of carbonyl (C=O) groups excluding carboxylic acids is 2. The minimum atomic E-state index is -1.14. The second kappa shape index (κ2) is 7.82. The van der Waals surface area contributed by atoms with E-state index in [0.717, 1.165) is 4.90 Å². The summed E-state index contributed by atoms with van der Waals surface area (Å²) in [5.41, 5.74) is 0. The van der Waals surface area contributed by atoms with Gasteiger partial charge in [0.1, 0.15) is 6.04 Å². The van der Waals surface area contributed by atoms with E-state index in [1.807, 2.05) is 13.8 Å². The van der Waals surface area contributed by atoms with Crippen LogP contribution in [-0.2, 0) is 9.59 Å². The average molecular weight is 301 g/mol. The third-order valence-electron chi connectivity index (χ3n) is 3.56. The molecule has 1 rings (SSSR count). The molecule has 3 N–H and O–H groups in total. The molecule has 0 bridgehead atoms. The number of nitrogens with zero attached hydrogens (tertiary/aromatic N) is 2. The lowest BCUT2D eigenvalue weighted by Crippen LogP contribution is -2.47. The van der Waals surface area contributed by atoms with Crippen molar-refractivity contribution in [3.05, 3.63) is 0 Å². The van der Waals surface area contributed by atoms with Crippen molar-refractivity contribution in [2.45, 2.75) is 38.8 Å². The van der Waals surface area contributed by atoms with Crippen LogP contribution in [0, 0.1) is 0 Å². The fourth-order valence-electron chi connectivity index (χ4n) is 2.38. The van der Waals surface area contributed by atoms with Crippen LogP contribution in [0.5, 0.6) is 0 Å². The van der Waals surface area contributed by atoms with Gasteiger partial charge in [-0.2, -0.15) is 0 Å². The molecule has 120 valence electrons. The van der Waals surface area contributed by atoms with Gasteiger partial charge in [0, 0.05) is 39.0 Å². The average Bonchev–Trinajstić information content (AvgIpc) is 2.82. The van der Waals surface area contributed by atoms with Gasteiger partial charge in [-0.15, -0.1) is 0 Å². The van der Waals surface area contributed by atoms with E-state index in [0.29, 0.717) is 13.1 Å². The first-order chi connectivity index (χ1) is 9.90. The van der Waals surface area contributed by atoms with Crippen molar-refractivity contribution < 1.29 is 24.6 Å². The van der Waals surface area contributed by atoms with Crippen molar-refractivity contribution >= 4 is 17.9 Å². The first-order valence-electron chi connectivity index (χ1n) is 7.13. The summed E-state index contributed by atoms with van der Waals surface area (Å²) in [6.45, 7) is 5.12. The molecule has 1 fully saturated rings. The number of carboxylic acid groups (broad SMARTS) is 1. The summed E-state index contributed by atoms with van der Waals surface area (Å²) in [5, 5.41) is 21.0. The van der Waals surface area contributed by atoms with Gasteiger partial charge in [0.2, 0.25) is 5.91 Å². The fourth-order valence-corrected chi connectivity index (χ4v) is 2.38. The number of aliphatic hydroxyl groups is 1. The molecule has 0 aromatic heterocycles. The molecular weight excluding hydrogens is 278 g/mol. The highest BCUT2D eigenvalue weighted by atomic mass is 16.4. The minimum absolute atomic E-state index is 0.00715. The third-order valence-corrected chi connectivity index (χ3v) is 3.56. The van der Waals surface area contributed by atoms with Gasteiger partial charge in [0.25, 0.3) is 0 Å². The first kappa shape index (κ1) is 17.2. The molecule has 1 unspecified atom stereocenters. The summed E-state index contributed by atoms with van der Waals surface area (Å²) in [6.07, 6.45) is -0.628. The molecule has 3 amide bonds. The number of carbonyl (C=O) groups is 3. The lowest BCUT2D eigenvalue weighted by atomic mass is 10.2. The number of rotatable bonds is 6. The Morgan fingerprint density at radius 1 is 1.29 bits per heavy atom. The van der Waals surface area contributed by atoms with Gasteiger partial charge in [-0.3, -0.25) is 4.79 Å². The Bertz CT molecular complexity index is 397. The van der Waals surface area contributed by atoms with Gasteiger partial charge >= 0.3 is 12.0 Å². The molecule has 1 aliphatic heterocycles. The highest BCUT2D eigenvalue weighted by Gasteiger charge is 2.38. The van der Waals surface area contributed by atoms with E-state index >= 15 is 0 Å². The van der Waals surface area contributed by atoms with Gasteiger partial charge in [0.15, 0.2) is 0 Å². The lowest BCUT2D eigenvalue weighted by Gasteiger charge is -2.22. The van der Waals surface area contributed by atoms with Crippen molar-refractivity contribution in [2.24, 2.45) is 0 Å². The molecule has 0 radical (unpaired) electrons. The van der Waals surface area contributed by atoms with Gasteiger partial charge in [-0.05, 0) is 13.8 Å². The Hall–Kier alpha value is -1.83. The van der Waals surface area contributed by atoms with Crippen molar-refractivity contribution in [1.82, 2.24) is 15.1 Å². The number of urea groups is 1. The Balaban J connectivity index is 2.43. The van der Waals surface area contributed by atoms with Gasteiger partial charge in [-0.25, -0.2) is 9.59 Å². The highest BCUT2D eigenvalue weighted by Crippen LogP contribution is 2.17. The molecule has 0 aromatic carbocycles. The lowest BCUT2D eigenvalue weighted by molar-refractivity contribution is -0.141. The van der Waals surface area contributed by atoms with Crippen molar-refractivity contribution in [3.63, 3.8) is 0 Å². The van der Waals surface area contributed by atoms with Crippen molar-refractivity contribution in [1.29, 1.82) is 0 Å². The molecule has 0 aliphatic carbocycles. The molecule has 0 spiro atoms. The standard InChI is InChI=1S/C13H23N3O5/c1-3-15(4-2)11(18)5-6-14-13(21)16-8-9(17)7-10(16)12(19)20/h9-10,17H,3-8H2,1-2H3,(H,14,21)(H,19,20)/t9?,10-/m0/s1. The zero-order valence-electron chi connectivity index (χ0n) is 12.4. The van der Waals surface area contributed by atoms with Crippen LogP contribution >= 0.6 is 0 Å². The van der Waals surface area contributed by atoms with Gasteiger partial charge in [0.05, 0.1) is 6.10 Å². The largest absolute Gasteiger partial charge is 0.480 e. The Kier molecular flexibility index (Phi) is 6.41. The molecule has 1 heterocycles. The smallest absolute Gasteiger partial charge is 0.326 e. The van der Waals surface area contributed by atoms with Crippen LogP contribution in [0.3, 0.4) is 0 Å². The summed E-state index contributed by atoms with van der Waals surface area (Å²) >= 11 is 0. The van der Waals surface area contributed by atoms with Crippen molar-refractivity contribution in [2.75, 3.05) is 26.2 Å². The minimum Gasteiger partial charge on any atom is -0.480 e. The number of β-amino-alcohol motifs (C(OH)–C–C–N with tert-alkyl or cyclic N) is 1.